The molecule has 25 heavy (non-hydrogen) atoms. The highest BCUT2D eigenvalue weighted by Crippen LogP contribution is 2.30. The first-order valence-corrected chi connectivity index (χ1v) is 7.01. The van der Waals surface area contributed by atoms with Crippen molar-refractivity contribution < 1.29 is 28.0 Å². The Labute approximate surface area is 141 Å². The number of methoxy groups -OCH3 is 1. The average Bonchev–Trinajstić information content (AvgIpc) is 2.59. The van der Waals surface area contributed by atoms with E-state index in [1.165, 1.54) is 55.7 Å². The van der Waals surface area contributed by atoms with Gasteiger partial charge in [0.05, 0.1) is 17.6 Å². The number of nitro benzene ring substituents is 1. The van der Waals surface area contributed by atoms with Gasteiger partial charge in [-0.1, -0.05) is 24.3 Å². The molecule has 8 heteroatoms. The SMILES string of the molecule is COc1ccc(/C=C/C(=O)c2ccccc2[N+](=O)[O-])cc1OC(F)F. The van der Waals surface area contributed by atoms with E-state index in [0.717, 1.165) is 6.08 Å². The zero-order valence-electron chi connectivity index (χ0n) is 13.0. The van der Waals surface area contributed by atoms with Gasteiger partial charge in [0.25, 0.3) is 5.69 Å². The number of nitrogens with zero attached hydrogens (tertiary/aromatic N) is 1. The fourth-order valence-electron chi connectivity index (χ4n) is 2.09. The van der Waals surface area contributed by atoms with Crippen molar-refractivity contribution >= 4 is 17.5 Å². The van der Waals surface area contributed by atoms with E-state index in [9.17, 15) is 23.7 Å². The molecule has 0 aliphatic carbocycles. The molecule has 2 rings (SSSR count). The first-order valence-electron chi connectivity index (χ1n) is 7.01. The summed E-state index contributed by atoms with van der Waals surface area (Å²) in [6.45, 7) is -3.03. The van der Waals surface area contributed by atoms with Crippen molar-refractivity contribution in [2.24, 2.45) is 0 Å². The molecule has 0 saturated carbocycles. The molecule has 0 amide bonds. The van der Waals surface area contributed by atoms with Gasteiger partial charge in [-0.3, -0.25) is 14.9 Å². The van der Waals surface area contributed by atoms with Crippen molar-refractivity contribution in [1.82, 2.24) is 0 Å². The van der Waals surface area contributed by atoms with Gasteiger partial charge in [0.15, 0.2) is 17.3 Å². The molecule has 0 bridgehead atoms. The highest BCUT2D eigenvalue weighted by atomic mass is 19.3. The summed E-state index contributed by atoms with van der Waals surface area (Å²) < 4.78 is 34.1. The normalized spacial score (nSPS) is 10.9. The van der Waals surface area contributed by atoms with Crippen LogP contribution in [0.2, 0.25) is 0 Å². The highest BCUT2D eigenvalue weighted by molar-refractivity contribution is 6.09. The van der Waals surface area contributed by atoms with Gasteiger partial charge in [-0.15, -0.1) is 0 Å². The minimum absolute atomic E-state index is 0.0682. The molecule has 0 aliphatic heterocycles. The molecular formula is C17H13F2NO5. The second-order valence-corrected chi connectivity index (χ2v) is 4.76. The van der Waals surface area contributed by atoms with E-state index in [1.807, 2.05) is 0 Å². The van der Waals surface area contributed by atoms with Crippen LogP contribution in [0.1, 0.15) is 15.9 Å². The quantitative estimate of drug-likeness (QED) is 0.325. The van der Waals surface area contributed by atoms with Gasteiger partial charge in [0, 0.05) is 6.07 Å². The van der Waals surface area contributed by atoms with Crippen LogP contribution in [0.3, 0.4) is 0 Å². The van der Waals surface area contributed by atoms with Gasteiger partial charge < -0.3 is 9.47 Å². The lowest BCUT2D eigenvalue weighted by molar-refractivity contribution is -0.385. The van der Waals surface area contributed by atoms with Crippen LogP contribution >= 0.6 is 0 Å². The van der Waals surface area contributed by atoms with Crippen molar-refractivity contribution in [3.05, 3.63) is 69.8 Å². The number of carbonyl (C=O) groups excluding carboxylic acids is 1. The van der Waals surface area contributed by atoms with Crippen LogP contribution in [0.25, 0.3) is 6.08 Å². The fourth-order valence-corrected chi connectivity index (χ4v) is 2.09. The third-order valence-electron chi connectivity index (χ3n) is 3.20. The standard InChI is InChI=1S/C17H13F2NO5/c1-24-15-9-7-11(10-16(15)25-17(18)19)6-8-14(21)12-4-2-3-5-13(12)20(22)23/h2-10,17H,1H3/b8-6+. The largest absolute Gasteiger partial charge is 0.493 e. The Morgan fingerprint density at radius 3 is 2.56 bits per heavy atom. The van der Waals surface area contributed by atoms with Crippen molar-refractivity contribution in [2.75, 3.05) is 7.11 Å². The molecule has 0 atom stereocenters. The van der Waals surface area contributed by atoms with E-state index in [4.69, 9.17) is 4.74 Å². The summed E-state index contributed by atoms with van der Waals surface area (Å²) in [5, 5.41) is 10.9. The first kappa shape index (κ1) is 18.1. The Morgan fingerprint density at radius 2 is 1.92 bits per heavy atom. The summed E-state index contributed by atoms with van der Waals surface area (Å²) in [6, 6.07) is 9.74. The number of carbonyl (C=O) groups is 1. The maximum absolute atomic E-state index is 12.4. The first-order chi connectivity index (χ1) is 11.9. The van der Waals surface area contributed by atoms with Crippen LogP contribution in [-0.4, -0.2) is 24.4 Å². The highest BCUT2D eigenvalue weighted by Gasteiger charge is 2.17. The Morgan fingerprint density at radius 1 is 1.20 bits per heavy atom. The molecular weight excluding hydrogens is 336 g/mol. The second kappa shape index (κ2) is 8.00. The van der Waals surface area contributed by atoms with E-state index < -0.39 is 17.3 Å². The Hall–Kier alpha value is -3.29. The lowest BCUT2D eigenvalue weighted by Crippen LogP contribution is -2.03. The minimum Gasteiger partial charge on any atom is -0.493 e. The number of ether oxygens (including phenoxy) is 2. The molecule has 0 fully saturated rings. The van der Waals surface area contributed by atoms with Gasteiger partial charge in [0.1, 0.15) is 0 Å². The van der Waals surface area contributed by atoms with Crippen LogP contribution in [0.5, 0.6) is 11.5 Å². The predicted octanol–water partition coefficient (Wildman–Crippen LogP) is 4.10. The van der Waals surface area contributed by atoms with Crippen molar-refractivity contribution in [2.45, 2.75) is 6.61 Å². The Bertz CT molecular complexity index is 820. The molecule has 0 spiro atoms. The van der Waals surface area contributed by atoms with Crippen LogP contribution < -0.4 is 9.47 Å². The maximum Gasteiger partial charge on any atom is 0.387 e. The number of para-hydroxylation sites is 1. The molecule has 6 nitrogen and oxygen atoms in total. The Kier molecular flexibility index (Phi) is 5.78. The summed E-state index contributed by atoms with van der Waals surface area (Å²) in [4.78, 5) is 22.5. The van der Waals surface area contributed by atoms with Gasteiger partial charge in [0.2, 0.25) is 0 Å². The molecule has 0 aliphatic rings. The zero-order chi connectivity index (χ0) is 18.4. The molecule has 0 radical (unpaired) electrons. The minimum atomic E-state index is -3.03. The lowest BCUT2D eigenvalue weighted by Gasteiger charge is -2.10. The lowest BCUT2D eigenvalue weighted by atomic mass is 10.1. The summed E-state index contributed by atoms with van der Waals surface area (Å²) in [7, 11) is 1.31. The van der Waals surface area contributed by atoms with Crippen LogP contribution in [0.4, 0.5) is 14.5 Å². The van der Waals surface area contributed by atoms with E-state index in [-0.39, 0.29) is 22.7 Å². The number of nitro groups is 1. The molecule has 130 valence electrons. The summed E-state index contributed by atoms with van der Waals surface area (Å²) in [5.74, 6) is -0.653. The molecule has 0 heterocycles. The second-order valence-electron chi connectivity index (χ2n) is 4.76. The molecule has 2 aromatic carbocycles. The van der Waals surface area contributed by atoms with Crippen LogP contribution in [0, 0.1) is 10.1 Å². The van der Waals surface area contributed by atoms with E-state index in [2.05, 4.69) is 4.74 Å². The molecule has 0 N–H and O–H groups in total. The topological polar surface area (TPSA) is 78.7 Å². The number of halogens is 2. The summed E-state index contributed by atoms with van der Waals surface area (Å²) in [5.41, 5.74) is 0.0123. The molecule has 0 aromatic heterocycles. The van der Waals surface area contributed by atoms with E-state index >= 15 is 0 Å². The summed E-state index contributed by atoms with van der Waals surface area (Å²) in [6.07, 6.45) is 2.47. The maximum atomic E-state index is 12.4. The number of allylic oxidation sites excluding steroid dienone is 1. The predicted molar refractivity (Wildman–Crippen MR) is 86.1 cm³/mol. The zero-order valence-corrected chi connectivity index (χ0v) is 13.0. The van der Waals surface area contributed by atoms with Crippen LogP contribution in [-0.2, 0) is 0 Å². The smallest absolute Gasteiger partial charge is 0.387 e. The Balaban J connectivity index is 2.27. The third-order valence-corrected chi connectivity index (χ3v) is 3.20. The van der Waals surface area contributed by atoms with Crippen molar-refractivity contribution in [3.63, 3.8) is 0 Å². The van der Waals surface area contributed by atoms with E-state index in [1.54, 1.807) is 0 Å². The fraction of sp³-hybridized carbons (Fsp3) is 0.118. The van der Waals surface area contributed by atoms with Gasteiger partial charge in [-0.2, -0.15) is 8.78 Å². The molecule has 0 unspecified atom stereocenters. The van der Waals surface area contributed by atoms with Gasteiger partial charge in [-0.25, -0.2) is 0 Å². The van der Waals surface area contributed by atoms with Crippen molar-refractivity contribution in [3.8, 4) is 11.5 Å². The van der Waals surface area contributed by atoms with E-state index in [0.29, 0.717) is 5.56 Å². The van der Waals surface area contributed by atoms with Crippen LogP contribution in [0.15, 0.2) is 48.5 Å². The van der Waals surface area contributed by atoms with Crippen molar-refractivity contribution in [1.29, 1.82) is 0 Å². The third kappa shape index (κ3) is 4.60. The van der Waals surface area contributed by atoms with Gasteiger partial charge >= 0.3 is 6.61 Å². The molecule has 2 aromatic rings. The molecule has 0 saturated heterocycles. The number of ketones is 1. The number of rotatable bonds is 7. The monoisotopic (exact) mass is 349 g/mol. The summed E-state index contributed by atoms with van der Waals surface area (Å²) >= 11 is 0. The number of hydrogen-bond donors (Lipinski definition) is 0. The van der Waals surface area contributed by atoms with Gasteiger partial charge in [-0.05, 0) is 29.8 Å². The number of alkyl halides is 2. The average molecular weight is 349 g/mol. The number of benzene rings is 2. The number of hydrogen-bond acceptors (Lipinski definition) is 5.